The molecule has 1 fully saturated rings. The van der Waals surface area contributed by atoms with Gasteiger partial charge in [0, 0.05) is 12.5 Å². The molecule has 9 nitrogen and oxygen atoms in total. The highest BCUT2D eigenvalue weighted by Crippen LogP contribution is 2.31. The summed E-state index contributed by atoms with van der Waals surface area (Å²) >= 11 is 0. The largest absolute Gasteiger partial charge is 0.497 e. The van der Waals surface area contributed by atoms with Gasteiger partial charge in [0.2, 0.25) is 21.8 Å². The number of nitrogens with zero attached hydrogens (tertiary/aromatic N) is 1. The van der Waals surface area contributed by atoms with Crippen molar-refractivity contribution < 1.29 is 22.7 Å². The summed E-state index contributed by atoms with van der Waals surface area (Å²) in [4.78, 5) is 31.1. The number of rotatable bonds is 7. The van der Waals surface area contributed by atoms with E-state index in [0.29, 0.717) is 17.8 Å². The van der Waals surface area contributed by atoms with Crippen LogP contribution in [0.15, 0.2) is 54.7 Å². The molecule has 0 bridgehead atoms. The second-order valence-electron chi connectivity index (χ2n) is 7.88. The van der Waals surface area contributed by atoms with E-state index in [4.69, 9.17) is 4.74 Å². The summed E-state index contributed by atoms with van der Waals surface area (Å²) in [6.45, 7) is 1.44. The van der Waals surface area contributed by atoms with Gasteiger partial charge in [-0.05, 0) is 29.7 Å². The van der Waals surface area contributed by atoms with Gasteiger partial charge in [-0.2, -0.15) is 0 Å². The monoisotopic (exact) mass is 468 g/mol. The number of nitrogens with one attached hydrogen (secondary N) is 3. The number of methoxy groups -OCH3 is 1. The molecule has 2 atom stereocenters. The molecule has 0 radical (unpaired) electrons. The molecule has 172 valence electrons. The predicted molar refractivity (Wildman–Crippen MR) is 122 cm³/mol. The molecule has 1 aliphatic heterocycles. The molecule has 33 heavy (non-hydrogen) atoms. The minimum atomic E-state index is -3.69. The van der Waals surface area contributed by atoms with Crippen LogP contribution in [0.5, 0.6) is 5.75 Å². The number of aromatic amines is 1. The first-order chi connectivity index (χ1) is 15.7. The fraction of sp³-hybridized carbons (Fsp3) is 0.261. The molecule has 1 aromatic heterocycles. The van der Waals surface area contributed by atoms with Gasteiger partial charge in [-0.3, -0.25) is 14.3 Å². The number of H-pyrrole nitrogens is 1. The van der Waals surface area contributed by atoms with Gasteiger partial charge in [0.05, 0.1) is 31.5 Å². The third-order valence-electron chi connectivity index (χ3n) is 5.48. The van der Waals surface area contributed by atoms with Crippen molar-refractivity contribution in [3.63, 3.8) is 0 Å². The third kappa shape index (κ3) is 5.06. The highest BCUT2D eigenvalue weighted by Gasteiger charge is 2.37. The van der Waals surface area contributed by atoms with Crippen molar-refractivity contribution in [1.82, 2.24) is 20.0 Å². The van der Waals surface area contributed by atoms with Crippen LogP contribution in [-0.2, 0) is 26.0 Å². The number of hydrogen-bond acceptors (Lipinski definition) is 6. The molecule has 0 saturated carbocycles. The Balaban J connectivity index is 1.55. The number of carbonyl (C=O) groups is 2. The first-order valence-electron chi connectivity index (χ1n) is 10.3. The smallest absolute Gasteiger partial charge is 0.242 e. The average Bonchev–Trinajstić information content (AvgIpc) is 3.37. The van der Waals surface area contributed by atoms with Gasteiger partial charge >= 0.3 is 0 Å². The second-order valence-corrected chi connectivity index (χ2v) is 9.74. The molecule has 10 heteroatoms. The standard InChI is InChI=1S/C23H24N4O5S/c1-14(28)25-19(23-24-13-20(26-23)17-4-3-5-18(11-17)32-2)10-15-6-8-16(9-7-15)21-12-22(29)27-33(21,30)31/h3-9,11,13,19,21H,10,12H2,1-2H3,(H,24,26)(H,25,28)(H,27,29). The van der Waals surface area contributed by atoms with Gasteiger partial charge in [-0.25, -0.2) is 13.4 Å². The molecule has 3 N–H and O–H groups in total. The van der Waals surface area contributed by atoms with Crippen LogP contribution in [0.25, 0.3) is 11.3 Å². The summed E-state index contributed by atoms with van der Waals surface area (Å²) < 4.78 is 31.5. The summed E-state index contributed by atoms with van der Waals surface area (Å²) in [7, 11) is -2.09. The minimum absolute atomic E-state index is 0.0877. The maximum absolute atomic E-state index is 12.1. The summed E-state index contributed by atoms with van der Waals surface area (Å²) in [6.07, 6.45) is 2.06. The van der Waals surface area contributed by atoms with Gasteiger partial charge < -0.3 is 15.0 Å². The Hall–Kier alpha value is -3.66. The number of amides is 2. The van der Waals surface area contributed by atoms with E-state index < -0.39 is 27.2 Å². The SMILES string of the molecule is COc1cccc(-c2cnc(C(Cc3ccc(C4CC(=O)NS4(=O)=O)cc3)NC(C)=O)[nH]2)c1. The van der Waals surface area contributed by atoms with E-state index in [-0.39, 0.29) is 12.3 Å². The maximum Gasteiger partial charge on any atom is 0.242 e. The average molecular weight is 469 g/mol. The van der Waals surface area contributed by atoms with Crippen LogP contribution in [-0.4, -0.2) is 37.3 Å². The van der Waals surface area contributed by atoms with Crippen LogP contribution in [0.2, 0.25) is 0 Å². The fourth-order valence-electron chi connectivity index (χ4n) is 3.86. The molecular formula is C23H24N4O5S. The first-order valence-corrected chi connectivity index (χ1v) is 11.9. The number of hydrogen-bond donors (Lipinski definition) is 3. The summed E-state index contributed by atoms with van der Waals surface area (Å²) in [5, 5.41) is 2.02. The lowest BCUT2D eigenvalue weighted by molar-refractivity contribution is -0.120. The Labute approximate surface area is 191 Å². The van der Waals surface area contributed by atoms with Gasteiger partial charge in [-0.1, -0.05) is 36.4 Å². The molecule has 4 rings (SSSR count). The number of carbonyl (C=O) groups excluding carboxylic acids is 2. The van der Waals surface area contributed by atoms with Gasteiger partial charge in [0.1, 0.15) is 16.8 Å². The molecule has 0 spiro atoms. The summed E-state index contributed by atoms with van der Waals surface area (Å²) in [6, 6.07) is 14.2. The van der Waals surface area contributed by atoms with Crippen LogP contribution in [0.1, 0.15) is 41.6 Å². The van der Waals surface area contributed by atoms with E-state index in [1.54, 1.807) is 37.6 Å². The first kappa shape index (κ1) is 22.5. The molecule has 0 aliphatic carbocycles. The van der Waals surface area contributed by atoms with Gasteiger partial charge in [-0.15, -0.1) is 0 Å². The van der Waals surface area contributed by atoms with E-state index in [2.05, 4.69) is 15.3 Å². The number of sulfonamides is 1. The van der Waals surface area contributed by atoms with Crippen LogP contribution in [0.4, 0.5) is 0 Å². The van der Waals surface area contributed by atoms with E-state index in [1.165, 1.54) is 6.92 Å². The molecule has 3 aromatic rings. The van der Waals surface area contributed by atoms with Crippen molar-refractivity contribution in [1.29, 1.82) is 0 Å². The zero-order chi connectivity index (χ0) is 23.6. The van der Waals surface area contributed by atoms with E-state index in [0.717, 1.165) is 22.6 Å². The van der Waals surface area contributed by atoms with E-state index >= 15 is 0 Å². The van der Waals surface area contributed by atoms with Crippen LogP contribution in [0.3, 0.4) is 0 Å². The molecule has 2 unspecified atom stereocenters. The summed E-state index contributed by atoms with van der Waals surface area (Å²) in [5.74, 6) is 0.626. The molecule has 2 amide bonds. The lowest BCUT2D eigenvalue weighted by Crippen LogP contribution is -2.28. The van der Waals surface area contributed by atoms with Crippen molar-refractivity contribution in [2.24, 2.45) is 0 Å². The van der Waals surface area contributed by atoms with Crippen molar-refractivity contribution in [2.45, 2.75) is 31.1 Å². The number of aromatic nitrogens is 2. The highest BCUT2D eigenvalue weighted by molar-refractivity contribution is 7.90. The Morgan fingerprint density at radius 3 is 2.64 bits per heavy atom. The second kappa shape index (κ2) is 9.07. The molecular weight excluding hydrogens is 444 g/mol. The van der Waals surface area contributed by atoms with E-state index in [1.807, 2.05) is 29.0 Å². The number of benzene rings is 2. The zero-order valence-corrected chi connectivity index (χ0v) is 19.0. The van der Waals surface area contributed by atoms with Gasteiger partial charge in [0.25, 0.3) is 0 Å². The predicted octanol–water partition coefficient (Wildman–Crippen LogP) is 2.40. The normalized spacial score (nSPS) is 17.9. The Bertz CT molecular complexity index is 1280. The number of ether oxygens (including phenoxy) is 1. The molecule has 1 saturated heterocycles. The van der Waals surface area contributed by atoms with Crippen LogP contribution in [0, 0.1) is 0 Å². The van der Waals surface area contributed by atoms with E-state index in [9.17, 15) is 18.0 Å². The van der Waals surface area contributed by atoms with Crippen LogP contribution >= 0.6 is 0 Å². The molecule has 2 heterocycles. The van der Waals surface area contributed by atoms with Crippen molar-refractivity contribution in [3.05, 3.63) is 71.7 Å². The summed E-state index contributed by atoms with van der Waals surface area (Å²) in [5.41, 5.74) is 3.12. The Morgan fingerprint density at radius 1 is 1.24 bits per heavy atom. The van der Waals surface area contributed by atoms with Crippen LogP contribution < -0.4 is 14.8 Å². The highest BCUT2D eigenvalue weighted by atomic mass is 32.2. The quantitative estimate of drug-likeness (QED) is 0.488. The minimum Gasteiger partial charge on any atom is -0.497 e. The molecule has 1 aliphatic rings. The van der Waals surface area contributed by atoms with Crippen molar-refractivity contribution >= 4 is 21.8 Å². The topological polar surface area (TPSA) is 130 Å². The fourth-order valence-corrected chi connectivity index (χ4v) is 5.29. The lowest BCUT2D eigenvalue weighted by Gasteiger charge is -2.16. The molecule has 2 aromatic carbocycles. The maximum atomic E-state index is 12.1. The van der Waals surface area contributed by atoms with Gasteiger partial charge in [0.15, 0.2) is 0 Å². The Kier molecular flexibility index (Phi) is 6.19. The number of imidazole rings is 1. The zero-order valence-electron chi connectivity index (χ0n) is 18.2. The van der Waals surface area contributed by atoms with Crippen molar-refractivity contribution in [3.8, 4) is 17.0 Å². The lowest BCUT2D eigenvalue weighted by atomic mass is 10.0. The Morgan fingerprint density at radius 2 is 2.00 bits per heavy atom. The van der Waals surface area contributed by atoms with Crippen molar-refractivity contribution in [2.75, 3.05) is 7.11 Å². The third-order valence-corrected chi connectivity index (χ3v) is 7.18.